The van der Waals surface area contributed by atoms with Crippen LogP contribution in [0.15, 0.2) is 12.3 Å². The van der Waals surface area contributed by atoms with Crippen LogP contribution in [0.25, 0.3) is 5.52 Å². The third kappa shape index (κ3) is 3.34. The molecule has 1 saturated heterocycles. The topological polar surface area (TPSA) is 71.7 Å². The highest BCUT2D eigenvalue weighted by molar-refractivity contribution is 6.34. The van der Waals surface area contributed by atoms with Gasteiger partial charge in [0.15, 0.2) is 0 Å². The van der Waals surface area contributed by atoms with Crippen molar-refractivity contribution in [3.63, 3.8) is 0 Å². The molecule has 8 heteroatoms. The van der Waals surface area contributed by atoms with Gasteiger partial charge >= 0.3 is 0 Å². The van der Waals surface area contributed by atoms with E-state index in [1.165, 1.54) is 13.8 Å². The number of aliphatic hydroxyl groups excluding tert-OH is 1. The Morgan fingerprint density at radius 1 is 1.54 bits per heavy atom. The summed E-state index contributed by atoms with van der Waals surface area (Å²) in [5, 5.41) is 18.0. The molecule has 24 heavy (non-hydrogen) atoms. The van der Waals surface area contributed by atoms with E-state index >= 15 is 0 Å². The Morgan fingerprint density at radius 3 is 2.96 bits per heavy atom. The molecule has 1 aliphatic rings. The number of hydrogen-bond acceptors (Lipinski definition) is 5. The second-order valence-corrected chi connectivity index (χ2v) is 7.17. The van der Waals surface area contributed by atoms with Crippen LogP contribution in [0, 0.1) is 0 Å². The molecule has 0 aliphatic carbocycles. The average molecular weight is 357 g/mol. The number of ether oxygens (including phenoxy) is 1. The van der Waals surface area contributed by atoms with Crippen LogP contribution in [0.3, 0.4) is 0 Å². The third-order valence-electron chi connectivity index (χ3n) is 4.61. The van der Waals surface area contributed by atoms with E-state index in [-0.39, 0.29) is 12.6 Å². The van der Waals surface area contributed by atoms with Crippen molar-refractivity contribution in [2.24, 2.45) is 0 Å². The van der Waals surface area contributed by atoms with Crippen molar-refractivity contribution in [3.8, 4) is 0 Å². The zero-order valence-corrected chi connectivity index (χ0v) is 14.7. The smallest absolute Gasteiger partial charge is 0.241 e. The van der Waals surface area contributed by atoms with Gasteiger partial charge in [0.1, 0.15) is 11.2 Å². The van der Waals surface area contributed by atoms with Crippen LogP contribution >= 0.6 is 11.6 Å². The van der Waals surface area contributed by atoms with Crippen LogP contribution in [-0.2, 0) is 4.74 Å². The summed E-state index contributed by atoms with van der Waals surface area (Å²) in [6, 6.07) is 1.55. The molecular weight excluding hydrogens is 335 g/mol. The van der Waals surface area contributed by atoms with Crippen molar-refractivity contribution in [2.45, 2.75) is 50.9 Å². The van der Waals surface area contributed by atoms with Crippen molar-refractivity contribution < 1.29 is 14.2 Å². The Balaban J connectivity index is 1.94. The highest BCUT2D eigenvalue weighted by atomic mass is 35.5. The monoisotopic (exact) mass is 356 g/mol. The van der Waals surface area contributed by atoms with Crippen LogP contribution in [0.5, 0.6) is 0 Å². The minimum absolute atomic E-state index is 0.180. The lowest BCUT2D eigenvalue weighted by Crippen LogP contribution is -2.42. The van der Waals surface area contributed by atoms with Crippen LogP contribution in [0.2, 0.25) is 5.02 Å². The number of alkyl halides is 1. The third-order valence-corrected chi connectivity index (χ3v) is 4.91. The predicted octanol–water partition coefficient (Wildman–Crippen LogP) is 2.80. The van der Waals surface area contributed by atoms with E-state index < -0.39 is 17.7 Å². The summed E-state index contributed by atoms with van der Waals surface area (Å²) >= 11 is 6.24. The molecule has 1 fully saturated rings. The largest absolute Gasteiger partial charge is 0.389 e. The lowest BCUT2D eigenvalue weighted by molar-refractivity contribution is -0.0136. The summed E-state index contributed by atoms with van der Waals surface area (Å²) < 4.78 is 21.2. The molecule has 0 aromatic carbocycles. The molecule has 6 nitrogen and oxygen atoms in total. The van der Waals surface area contributed by atoms with E-state index in [2.05, 4.69) is 15.4 Å². The summed E-state index contributed by atoms with van der Waals surface area (Å²) in [5.41, 5.74) is -0.103. The maximum absolute atomic E-state index is 14.4. The first-order valence-corrected chi connectivity index (χ1v) is 8.40. The molecule has 2 N–H and O–H groups in total. The number of fused-ring (bicyclic) bond motifs is 1. The minimum atomic E-state index is -1.41. The quantitative estimate of drug-likeness (QED) is 0.881. The zero-order chi connectivity index (χ0) is 17.5. The van der Waals surface area contributed by atoms with Gasteiger partial charge in [0.2, 0.25) is 5.95 Å². The Kier molecular flexibility index (Phi) is 4.68. The molecule has 132 valence electrons. The first-order valence-electron chi connectivity index (χ1n) is 8.03. The SMILES string of the molecule is CC(c1cc(Cl)c2cnc(N[C@@H]3CCOC[C@H]3O)nn12)C(C)(C)F. The second kappa shape index (κ2) is 6.46. The van der Waals surface area contributed by atoms with Gasteiger partial charge in [-0.05, 0) is 26.3 Å². The number of halogens is 2. The van der Waals surface area contributed by atoms with Gasteiger partial charge in [0, 0.05) is 12.5 Å². The Labute approximate surface area is 145 Å². The predicted molar refractivity (Wildman–Crippen MR) is 90.5 cm³/mol. The highest BCUT2D eigenvalue weighted by Gasteiger charge is 2.30. The van der Waals surface area contributed by atoms with Gasteiger partial charge < -0.3 is 15.2 Å². The minimum Gasteiger partial charge on any atom is -0.389 e. The number of aliphatic hydroxyl groups is 1. The number of nitrogens with zero attached hydrogens (tertiary/aromatic N) is 3. The van der Waals surface area contributed by atoms with E-state index in [1.54, 1.807) is 23.7 Å². The van der Waals surface area contributed by atoms with Crippen LogP contribution < -0.4 is 5.32 Å². The lowest BCUT2D eigenvalue weighted by Gasteiger charge is -2.28. The first kappa shape index (κ1) is 17.4. The van der Waals surface area contributed by atoms with Crippen molar-refractivity contribution in [2.75, 3.05) is 18.5 Å². The Hall–Kier alpha value is -1.44. The van der Waals surface area contributed by atoms with Gasteiger partial charge in [-0.2, -0.15) is 0 Å². The molecule has 0 radical (unpaired) electrons. The molecule has 3 heterocycles. The fourth-order valence-electron chi connectivity index (χ4n) is 2.76. The van der Waals surface area contributed by atoms with Crippen LogP contribution in [0.4, 0.5) is 10.3 Å². The number of nitrogens with one attached hydrogen (secondary N) is 1. The fourth-order valence-corrected chi connectivity index (χ4v) is 3.00. The van der Waals surface area contributed by atoms with Crippen LogP contribution in [0.1, 0.15) is 38.8 Å². The maximum Gasteiger partial charge on any atom is 0.241 e. The number of aromatic nitrogens is 3. The molecule has 3 rings (SSSR count). The summed E-state index contributed by atoms with van der Waals surface area (Å²) in [6.07, 6.45) is 1.65. The molecule has 2 aromatic heterocycles. The van der Waals surface area contributed by atoms with Crippen LogP contribution in [-0.4, -0.2) is 50.7 Å². The standard InChI is InChI=1S/C16H22ClFN4O2/c1-9(16(2,3)18)12-6-10(17)13-7-19-15(21-22(12)13)20-11-4-5-24-8-14(11)23/h6-7,9,11,14,23H,4-5,8H2,1-3H3,(H,20,21)/t9?,11-,14-/m1/s1. The second-order valence-electron chi connectivity index (χ2n) is 6.76. The fraction of sp³-hybridized carbons (Fsp3) is 0.625. The summed E-state index contributed by atoms with van der Waals surface area (Å²) in [7, 11) is 0. The van der Waals surface area contributed by atoms with Gasteiger partial charge in [0.05, 0.1) is 35.7 Å². The first-order chi connectivity index (χ1) is 11.3. The molecule has 1 unspecified atom stereocenters. The van der Waals surface area contributed by atoms with Crippen molar-refractivity contribution in [1.82, 2.24) is 14.6 Å². The number of rotatable bonds is 4. The van der Waals surface area contributed by atoms with E-state index in [9.17, 15) is 9.50 Å². The van der Waals surface area contributed by atoms with Gasteiger partial charge in [-0.3, -0.25) is 0 Å². The van der Waals surface area contributed by atoms with E-state index in [0.717, 1.165) is 0 Å². The van der Waals surface area contributed by atoms with Gasteiger partial charge in [-0.1, -0.05) is 18.5 Å². The van der Waals surface area contributed by atoms with Gasteiger partial charge in [0.25, 0.3) is 0 Å². The molecule has 1 aliphatic heterocycles. The molecule has 0 saturated carbocycles. The maximum atomic E-state index is 14.4. The van der Waals surface area contributed by atoms with E-state index in [1.807, 2.05) is 0 Å². The molecule has 0 amide bonds. The zero-order valence-electron chi connectivity index (χ0n) is 14.0. The summed E-state index contributed by atoms with van der Waals surface area (Å²) in [5.74, 6) is -0.0280. The Morgan fingerprint density at radius 2 is 2.29 bits per heavy atom. The molecular formula is C16H22ClFN4O2. The number of anilines is 1. The summed E-state index contributed by atoms with van der Waals surface area (Å²) in [6.45, 7) is 5.72. The summed E-state index contributed by atoms with van der Waals surface area (Å²) in [4.78, 5) is 4.26. The molecule has 3 atom stereocenters. The molecule has 2 aromatic rings. The van der Waals surface area contributed by atoms with E-state index in [4.69, 9.17) is 16.3 Å². The average Bonchev–Trinajstić information content (AvgIpc) is 2.84. The van der Waals surface area contributed by atoms with Gasteiger partial charge in [-0.15, -0.1) is 5.10 Å². The van der Waals surface area contributed by atoms with Crippen molar-refractivity contribution in [3.05, 3.63) is 23.0 Å². The van der Waals surface area contributed by atoms with Gasteiger partial charge in [-0.25, -0.2) is 13.9 Å². The van der Waals surface area contributed by atoms with Crippen molar-refractivity contribution in [1.29, 1.82) is 0 Å². The highest BCUT2D eigenvalue weighted by Crippen LogP contribution is 2.34. The van der Waals surface area contributed by atoms with E-state index in [0.29, 0.717) is 35.2 Å². The number of hydrogen-bond donors (Lipinski definition) is 2. The van der Waals surface area contributed by atoms with Crippen molar-refractivity contribution >= 4 is 23.1 Å². The molecule has 0 bridgehead atoms. The lowest BCUT2D eigenvalue weighted by atomic mass is 9.92. The normalized spacial score (nSPS) is 23.4. The Bertz CT molecular complexity index is 731. The molecule has 0 spiro atoms.